The van der Waals surface area contributed by atoms with E-state index in [0.29, 0.717) is 23.1 Å². The van der Waals surface area contributed by atoms with Gasteiger partial charge in [0.05, 0.1) is 17.2 Å². The third-order valence-electron chi connectivity index (χ3n) is 6.77. The molecule has 40 heavy (non-hydrogen) atoms. The number of carbonyl (C=O) groups is 2. The number of para-hydroxylation sites is 1. The first-order valence-corrected chi connectivity index (χ1v) is 13.9. The molecule has 1 N–H and O–H groups in total. The molecule has 3 aromatic carbocycles. The summed E-state index contributed by atoms with van der Waals surface area (Å²) in [7, 11) is 0. The second-order valence-corrected chi connectivity index (χ2v) is 10.5. The number of aryl methyl sites for hydroxylation is 3. The number of amides is 2. The summed E-state index contributed by atoms with van der Waals surface area (Å²) in [5.74, 6) is 0.179. The number of anilines is 1. The van der Waals surface area contributed by atoms with Gasteiger partial charge >= 0.3 is 0 Å². The zero-order valence-corrected chi connectivity index (χ0v) is 23.0. The van der Waals surface area contributed by atoms with E-state index in [9.17, 15) is 19.7 Å². The highest BCUT2D eigenvalue weighted by molar-refractivity contribution is 7.99. The van der Waals surface area contributed by atoms with Gasteiger partial charge in [0.25, 0.3) is 11.6 Å². The van der Waals surface area contributed by atoms with Crippen molar-refractivity contribution in [3.8, 4) is 5.69 Å². The minimum atomic E-state index is -0.506. The summed E-state index contributed by atoms with van der Waals surface area (Å²) in [5, 5.41) is 23.3. The Hall–Kier alpha value is -4.51. The van der Waals surface area contributed by atoms with Gasteiger partial charge in [-0.15, -0.1) is 10.2 Å². The number of aromatic nitrogens is 3. The molecule has 4 aromatic rings. The van der Waals surface area contributed by atoms with E-state index < -0.39 is 10.8 Å². The number of nitrogens with zero attached hydrogens (tertiary/aromatic N) is 5. The van der Waals surface area contributed by atoms with E-state index in [-0.39, 0.29) is 29.5 Å². The van der Waals surface area contributed by atoms with Crippen LogP contribution in [0.25, 0.3) is 5.69 Å². The number of rotatable bonds is 8. The van der Waals surface area contributed by atoms with Crippen LogP contribution < -0.4 is 10.2 Å². The molecule has 0 unspecified atom stereocenters. The summed E-state index contributed by atoms with van der Waals surface area (Å²) in [5.41, 5.74) is 4.51. The second kappa shape index (κ2) is 11.7. The molecule has 0 spiro atoms. The highest BCUT2D eigenvalue weighted by Gasteiger charge is 2.24. The minimum absolute atomic E-state index is 0.00763. The molecule has 11 heteroatoms. The largest absolute Gasteiger partial charge is 0.345 e. The number of hydrogen-bond donors (Lipinski definition) is 1. The van der Waals surface area contributed by atoms with Crippen molar-refractivity contribution in [3.05, 3.63) is 105 Å². The Kier molecular flexibility index (Phi) is 7.92. The molecule has 2 heterocycles. The second-order valence-electron chi connectivity index (χ2n) is 9.58. The van der Waals surface area contributed by atoms with E-state index in [0.717, 1.165) is 29.8 Å². The third-order valence-corrected chi connectivity index (χ3v) is 7.69. The Morgan fingerprint density at radius 1 is 1.05 bits per heavy atom. The Labute approximate surface area is 235 Å². The third kappa shape index (κ3) is 5.74. The number of nitro groups is 1. The molecule has 0 atom stereocenters. The molecule has 0 saturated heterocycles. The lowest BCUT2D eigenvalue weighted by atomic mass is 10.0. The van der Waals surface area contributed by atoms with Crippen molar-refractivity contribution >= 4 is 35.0 Å². The molecule has 1 aliphatic heterocycles. The minimum Gasteiger partial charge on any atom is -0.345 e. The summed E-state index contributed by atoms with van der Waals surface area (Å²) in [4.78, 5) is 38.7. The van der Waals surface area contributed by atoms with Crippen molar-refractivity contribution in [2.24, 2.45) is 0 Å². The Balaban J connectivity index is 1.36. The lowest BCUT2D eigenvalue weighted by Crippen LogP contribution is -2.36. The molecule has 0 saturated carbocycles. The number of thioether (sulfide) groups is 1. The Morgan fingerprint density at radius 3 is 2.67 bits per heavy atom. The summed E-state index contributed by atoms with van der Waals surface area (Å²) in [6.45, 7) is 4.31. The lowest BCUT2D eigenvalue weighted by Gasteiger charge is -2.29. The maximum atomic E-state index is 13.3. The van der Waals surface area contributed by atoms with Crippen LogP contribution in [-0.2, 0) is 17.8 Å². The summed E-state index contributed by atoms with van der Waals surface area (Å²) >= 11 is 1.29. The fourth-order valence-corrected chi connectivity index (χ4v) is 5.59. The van der Waals surface area contributed by atoms with Gasteiger partial charge in [-0.1, -0.05) is 48.2 Å². The van der Waals surface area contributed by atoms with Gasteiger partial charge in [-0.05, 0) is 62.1 Å². The van der Waals surface area contributed by atoms with Crippen LogP contribution in [0.4, 0.5) is 11.4 Å². The van der Waals surface area contributed by atoms with Crippen molar-refractivity contribution in [2.45, 2.75) is 38.4 Å². The zero-order valence-electron chi connectivity index (χ0n) is 22.2. The van der Waals surface area contributed by atoms with Crippen LogP contribution in [-0.4, -0.2) is 43.8 Å². The van der Waals surface area contributed by atoms with Gasteiger partial charge in [-0.3, -0.25) is 24.3 Å². The molecule has 5 rings (SSSR count). The summed E-state index contributed by atoms with van der Waals surface area (Å²) in [6.07, 6.45) is 1.88. The van der Waals surface area contributed by atoms with Gasteiger partial charge in [-0.25, -0.2) is 0 Å². The number of hydrogen-bond acceptors (Lipinski definition) is 7. The van der Waals surface area contributed by atoms with Crippen molar-refractivity contribution in [3.63, 3.8) is 0 Å². The normalized spacial score (nSPS) is 12.6. The topological polar surface area (TPSA) is 123 Å². The summed E-state index contributed by atoms with van der Waals surface area (Å²) in [6, 6.07) is 20.1. The first kappa shape index (κ1) is 27.1. The molecular weight excluding hydrogens is 528 g/mol. The quantitative estimate of drug-likeness (QED) is 0.188. The Bertz CT molecular complexity index is 1600. The maximum Gasteiger partial charge on any atom is 0.273 e. The molecular formula is C29H28N6O4S. The monoisotopic (exact) mass is 556 g/mol. The highest BCUT2D eigenvalue weighted by atomic mass is 32.2. The van der Waals surface area contributed by atoms with E-state index in [1.165, 1.54) is 23.4 Å². The predicted molar refractivity (Wildman–Crippen MR) is 153 cm³/mol. The van der Waals surface area contributed by atoms with E-state index in [1.807, 2.05) is 58.9 Å². The summed E-state index contributed by atoms with van der Waals surface area (Å²) < 4.78 is 1.83. The maximum absolute atomic E-state index is 13.3. The lowest BCUT2D eigenvalue weighted by molar-refractivity contribution is -0.385. The molecule has 0 radical (unpaired) electrons. The van der Waals surface area contributed by atoms with Gasteiger partial charge in [0, 0.05) is 35.1 Å². The van der Waals surface area contributed by atoms with Crippen molar-refractivity contribution < 1.29 is 14.5 Å². The van der Waals surface area contributed by atoms with Gasteiger partial charge < -0.3 is 10.2 Å². The van der Waals surface area contributed by atoms with Crippen LogP contribution in [0.15, 0.2) is 71.9 Å². The van der Waals surface area contributed by atoms with Crippen LogP contribution in [0.5, 0.6) is 0 Å². The fourth-order valence-electron chi connectivity index (χ4n) is 4.74. The number of benzene rings is 3. The smallest absolute Gasteiger partial charge is 0.273 e. The van der Waals surface area contributed by atoms with Gasteiger partial charge in [0.2, 0.25) is 5.91 Å². The number of fused-ring (bicyclic) bond motifs is 1. The van der Waals surface area contributed by atoms with Crippen LogP contribution in [0.1, 0.15) is 39.3 Å². The van der Waals surface area contributed by atoms with E-state index in [4.69, 9.17) is 0 Å². The molecule has 2 amide bonds. The standard InChI is InChI=1S/C29H28N6O4S/c1-19-7-5-10-23(15-19)34-26(17-30-28(37)22-13-12-20(2)25(16-22)35(38)39)31-32-29(34)40-18-27(36)33-14-6-9-21-8-3-4-11-24(21)33/h3-5,7-8,10-13,15-16H,6,9,14,17-18H2,1-2H3,(H,30,37). The van der Waals surface area contributed by atoms with Crippen molar-refractivity contribution in [2.75, 3.05) is 17.2 Å². The van der Waals surface area contributed by atoms with Gasteiger partial charge in [-0.2, -0.15) is 0 Å². The van der Waals surface area contributed by atoms with E-state index in [1.54, 1.807) is 19.1 Å². The van der Waals surface area contributed by atoms with Crippen LogP contribution >= 0.6 is 11.8 Å². The molecule has 0 bridgehead atoms. The SMILES string of the molecule is Cc1cccc(-n2c(CNC(=O)c3ccc(C)c([N+](=O)[O-])c3)nnc2SCC(=O)N2CCCc3ccccc32)c1. The molecule has 0 aliphatic carbocycles. The van der Waals surface area contributed by atoms with Crippen molar-refractivity contribution in [1.82, 2.24) is 20.1 Å². The number of carbonyl (C=O) groups excluding carboxylic acids is 2. The predicted octanol–water partition coefficient (Wildman–Crippen LogP) is 4.79. The molecule has 0 fully saturated rings. The van der Waals surface area contributed by atoms with Crippen molar-refractivity contribution in [1.29, 1.82) is 0 Å². The molecule has 204 valence electrons. The van der Waals surface area contributed by atoms with Crippen LogP contribution in [0.2, 0.25) is 0 Å². The van der Waals surface area contributed by atoms with Gasteiger partial charge in [0.1, 0.15) is 0 Å². The molecule has 1 aromatic heterocycles. The zero-order chi connectivity index (χ0) is 28.2. The Morgan fingerprint density at radius 2 is 1.88 bits per heavy atom. The number of nitro benzene ring substituents is 1. The van der Waals surface area contributed by atoms with Crippen LogP contribution in [0, 0.1) is 24.0 Å². The van der Waals surface area contributed by atoms with Crippen LogP contribution in [0.3, 0.4) is 0 Å². The molecule has 1 aliphatic rings. The molecule has 10 nitrogen and oxygen atoms in total. The first-order chi connectivity index (χ1) is 19.3. The highest BCUT2D eigenvalue weighted by Crippen LogP contribution is 2.29. The number of nitrogens with one attached hydrogen (secondary N) is 1. The van der Waals surface area contributed by atoms with Gasteiger partial charge in [0.15, 0.2) is 11.0 Å². The van der Waals surface area contributed by atoms with E-state index in [2.05, 4.69) is 21.6 Å². The average molecular weight is 557 g/mol. The fraction of sp³-hybridized carbons (Fsp3) is 0.241. The van der Waals surface area contributed by atoms with E-state index >= 15 is 0 Å². The average Bonchev–Trinajstić information content (AvgIpc) is 3.37. The first-order valence-electron chi connectivity index (χ1n) is 12.9.